The smallest absolute Gasteiger partial charge is 0.315 e. The van der Waals surface area contributed by atoms with Crippen molar-refractivity contribution in [3.63, 3.8) is 0 Å². The molecule has 4 atom stereocenters. The van der Waals surface area contributed by atoms with Gasteiger partial charge in [0.25, 0.3) is 5.91 Å². The average Bonchev–Trinajstić information content (AvgIpc) is 3.81. The van der Waals surface area contributed by atoms with Crippen LogP contribution in [0.5, 0.6) is 0 Å². The molecule has 0 saturated carbocycles. The topological polar surface area (TPSA) is 272 Å². The summed E-state index contributed by atoms with van der Waals surface area (Å²) in [7, 11) is 1.54. The van der Waals surface area contributed by atoms with Crippen LogP contribution in [0.25, 0.3) is 10.9 Å². The molecule has 3 aromatic heterocycles. The Balaban J connectivity index is 1.09. The number of guanidine groups is 1. The Hall–Kier alpha value is -8.25. The van der Waals surface area contributed by atoms with E-state index in [0.717, 1.165) is 39.0 Å². The van der Waals surface area contributed by atoms with Gasteiger partial charge >= 0.3 is 6.03 Å². The summed E-state index contributed by atoms with van der Waals surface area (Å²) in [5, 5.41) is 14.9. The monoisotopic (exact) mass is 1000 g/mol. The van der Waals surface area contributed by atoms with E-state index in [4.69, 9.17) is 11.5 Å². The number of carbonyl (C=O) groups excluding carboxylic acids is 6. The summed E-state index contributed by atoms with van der Waals surface area (Å²) >= 11 is 0. The lowest BCUT2D eigenvalue weighted by atomic mass is 9.90. The first-order valence-corrected chi connectivity index (χ1v) is 24.9. The molecule has 0 aliphatic carbocycles. The summed E-state index contributed by atoms with van der Waals surface area (Å²) in [6.45, 7) is 5.42. The predicted molar refractivity (Wildman–Crippen MR) is 285 cm³/mol. The molecule has 0 fully saturated rings. The highest BCUT2D eigenvalue weighted by Gasteiger charge is 2.31. The molecule has 0 radical (unpaired) electrons. The lowest BCUT2D eigenvalue weighted by Gasteiger charge is -2.24. The number of primary amides is 1. The van der Waals surface area contributed by atoms with E-state index in [1.54, 1.807) is 30.7 Å². The summed E-state index contributed by atoms with van der Waals surface area (Å²) in [5.41, 5.74) is 17.2. The van der Waals surface area contributed by atoms with Gasteiger partial charge in [-0.3, -0.25) is 43.8 Å². The predicted octanol–water partition coefficient (Wildman–Crippen LogP) is 4.89. The number of pyridine rings is 2. The molecule has 0 aliphatic heterocycles. The quantitative estimate of drug-likeness (QED) is 0.0186. The van der Waals surface area contributed by atoms with E-state index in [9.17, 15) is 28.8 Å². The first-order chi connectivity index (χ1) is 35.7. The number of H-pyrrole nitrogens is 1. The van der Waals surface area contributed by atoms with Crippen molar-refractivity contribution in [1.29, 1.82) is 0 Å². The number of amides is 5. The standard InChI is InChI=1S/C56H68N12O6/c1-37(2)28-47(50(69)31-41(16-13-27-62-55(58)59-3)54(73)66-49(52(57)71)30-42-32-63-46-20-8-7-19-45(42)46)67-56(74)64-33-51(70)48(29-38-14-5-4-6-15-38)65-53(72)40-23-21-39(22-24-40)34-68(35-43-17-9-11-25-60-43)36-44-18-10-12-26-61-44/h4-12,14-15,17-26,32,37,41,47-49,63H,13,16,27-31,33-36H2,1-3H3,(H2,57,71)(H,65,72)(H,66,73)(H3,58,59,62)(H2,64,67,74)/t41-,47+,48+,49+/m1/s1. The molecule has 5 amide bonds. The molecule has 0 spiro atoms. The highest BCUT2D eigenvalue weighted by atomic mass is 16.2. The van der Waals surface area contributed by atoms with Crippen molar-refractivity contribution >= 4 is 52.2 Å². The Morgan fingerprint density at radius 3 is 1.97 bits per heavy atom. The molecule has 0 saturated heterocycles. The number of aromatic amines is 1. The summed E-state index contributed by atoms with van der Waals surface area (Å²) in [6, 6.07) is 31.7. The van der Waals surface area contributed by atoms with E-state index in [0.29, 0.717) is 38.2 Å². The van der Waals surface area contributed by atoms with Gasteiger partial charge in [0.2, 0.25) is 11.8 Å². The number of para-hydroxylation sites is 1. The van der Waals surface area contributed by atoms with Crippen molar-refractivity contribution in [2.45, 2.75) is 90.1 Å². The lowest BCUT2D eigenvalue weighted by Crippen LogP contribution is -2.51. The fourth-order valence-corrected chi connectivity index (χ4v) is 8.60. The number of nitrogens with two attached hydrogens (primary N) is 2. The van der Waals surface area contributed by atoms with Crippen LogP contribution >= 0.6 is 0 Å². The number of aromatic nitrogens is 3. The second kappa shape index (κ2) is 28.1. The highest BCUT2D eigenvalue weighted by molar-refractivity contribution is 5.99. The number of nitrogens with zero attached hydrogens (tertiary/aromatic N) is 4. The van der Waals surface area contributed by atoms with E-state index < -0.39 is 65.9 Å². The number of carbonyl (C=O) groups is 6. The van der Waals surface area contributed by atoms with Gasteiger partial charge in [0.1, 0.15) is 6.04 Å². The molecule has 3 heterocycles. The number of nitrogens with one attached hydrogen (secondary N) is 6. The molecular weight excluding hydrogens is 937 g/mol. The summed E-state index contributed by atoms with van der Waals surface area (Å²) in [6.07, 6.45) is 6.20. The van der Waals surface area contributed by atoms with Crippen molar-refractivity contribution in [3.8, 4) is 0 Å². The number of Topliss-reactive ketones (excluding diaryl/α,β-unsaturated/α-hetero) is 2. The SMILES string of the molecule is CN=C(N)NCCC[C@H](CC(=O)[C@H](CC(C)C)NC(=O)NCC(=O)[C@H](Cc1ccccc1)NC(=O)c1ccc(CN(Cc2ccccn2)Cc2ccccn2)cc1)C(=O)N[C@@H](Cc1c[nH]c2ccccc12)C(N)=O. The minimum atomic E-state index is -1.07. The first-order valence-electron chi connectivity index (χ1n) is 24.9. The van der Waals surface area contributed by atoms with Crippen LogP contribution in [-0.4, -0.2) is 99.4 Å². The normalized spacial score (nSPS) is 13.1. The average molecular weight is 1010 g/mol. The van der Waals surface area contributed by atoms with Crippen LogP contribution in [0.3, 0.4) is 0 Å². The summed E-state index contributed by atoms with van der Waals surface area (Å²) < 4.78 is 0. The van der Waals surface area contributed by atoms with E-state index in [-0.39, 0.29) is 44.0 Å². The van der Waals surface area contributed by atoms with Crippen molar-refractivity contribution < 1.29 is 28.8 Å². The molecular formula is C56H68N12O6. The molecule has 0 unspecified atom stereocenters. The lowest BCUT2D eigenvalue weighted by molar-refractivity contribution is -0.132. The number of urea groups is 1. The molecule has 18 nitrogen and oxygen atoms in total. The fraction of sp³-hybridized carbons (Fsp3) is 0.339. The molecule has 0 aliphatic rings. The molecule has 10 N–H and O–H groups in total. The van der Waals surface area contributed by atoms with Gasteiger partial charge in [-0.15, -0.1) is 0 Å². The molecule has 3 aromatic carbocycles. The van der Waals surface area contributed by atoms with Crippen molar-refractivity contribution in [1.82, 2.24) is 46.4 Å². The maximum absolute atomic E-state index is 14.2. The van der Waals surface area contributed by atoms with Crippen LogP contribution in [0.1, 0.15) is 78.0 Å². The molecule has 18 heteroatoms. The Morgan fingerprint density at radius 2 is 1.34 bits per heavy atom. The maximum Gasteiger partial charge on any atom is 0.315 e. The molecule has 388 valence electrons. The van der Waals surface area contributed by atoms with Crippen LogP contribution in [0.4, 0.5) is 4.79 Å². The number of hydrogen-bond acceptors (Lipinski definition) is 10. The fourth-order valence-electron chi connectivity index (χ4n) is 8.60. The van der Waals surface area contributed by atoms with Crippen LogP contribution < -0.4 is 38.1 Å². The van der Waals surface area contributed by atoms with E-state index in [2.05, 4.69) is 51.4 Å². The third kappa shape index (κ3) is 17.5. The maximum atomic E-state index is 14.2. The zero-order chi connectivity index (χ0) is 52.8. The van der Waals surface area contributed by atoms with Gasteiger partial charge in [-0.05, 0) is 90.8 Å². The Morgan fingerprint density at radius 1 is 0.676 bits per heavy atom. The highest BCUT2D eigenvalue weighted by Crippen LogP contribution is 2.21. The van der Waals surface area contributed by atoms with Gasteiger partial charge in [0.05, 0.1) is 30.0 Å². The minimum Gasteiger partial charge on any atom is -0.370 e. The van der Waals surface area contributed by atoms with Crippen LogP contribution in [0.15, 0.2) is 139 Å². The molecule has 74 heavy (non-hydrogen) atoms. The third-order valence-corrected chi connectivity index (χ3v) is 12.5. The first kappa shape index (κ1) is 55.1. The second-order valence-electron chi connectivity index (χ2n) is 18.7. The van der Waals surface area contributed by atoms with E-state index >= 15 is 0 Å². The van der Waals surface area contributed by atoms with Gasteiger partial charge < -0.3 is 43.0 Å². The van der Waals surface area contributed by atoms with Gasteiger partial charge in [-0.1, -0.05) is 86.6 Å². The van der Waals surface area contributed by atoms with Crippen LogP contribution in [0.2, 0.25) is 0 Å². The zero-order valence-corrected chi connectivity index (χ0v) is 42.3. The van der Waals surface area contributed by atoms with Crippen LogP contribution in [0, 0.1) is 11.8 Å². The number of fused-ring (bicyclic) bond motifs is 1. The van der Waals surface area contributed by atoms with Crippen LogP contribution in [-0.2, 0) is 51.7 Å². The number of benzene rings is 3. The van der Waals surface area contributed by atoms with E-state index in [1.165, 1.54) is 7.05 Å². The Kier molecular flexibility index (Phi) is 20.9. The number of ketones is 2. The molecule has 6 aromatic rings. The van der Waals surface area contributed by atoms with Gasteiger partial charge in [0, 0.05) is 87.0 Å². The third-order valence-electron chi connectivity index (χ3n) is 12.5. The van der Waals surface area contributed by atoms with Gasteiger partial charge in [-0.2, -0.15) is 0 Å². The number of rotatable bonds is 28. The van der Waals surface area contributed by atoms with Crippen molar-refractivity contribution in [2.24, 2.45) is 28.3 Å². The molecule has 6 rings (SSSR count). The minimum absolute atomic E-state index is 0.0503. The largest absolute Gasteiger partial charge is 0.370 e. The summed E-state index contributed by atoms with van der Waals surface area (Å²) in [5.74, 6) is -3.36. The van der Waals surface area contributed by atoms with E-state index in [1.807, 2.05) is 117 Å². The van der Waals surface area contributed by atoms with Gasteiger partial charge in [0.15, 0.2) is 17.5 Å². The Labute approximate surface area is 432 Å². The summed E-state index contributed by atoms with van der Waals surface area (Å²) in [4.78, 5) is 101. The molecule has 0 bridgehead atoms. The van der Waals surface area contributed by atoms with Crippen molar-refractivity contribution in [3.05, 3.63) is 167 Å². The second-order valence-corrected chi connectivity index (χ2v) is 18.7. The zero-order valence-electron chi connectivity index (χ0n) is 42.3. The van der Waals surface area contributed by atoms with Crippen molar-refractivity contribution in [2.75, 3.05) is 20.1 Å². The Bertz CT molecular complexity index is 2770. The number of aliphatic imine (C=N–C) groups is 1. The van der Waals surface area contributed by atoms with Gasteiger partial charge in [-0.25, -0.2) is 4.79 Å². The number of hydrogen-bond donors (Lipinski definition) is 8.